The highest BCUT2D eigenvalue weighted by Crippen LogP contribution is 2.27. The molecule has 0 fully saturated rings. The summed E-state index contributed by atoms with van der Waals surface area (Å²) in [5.74, 6) is -0.663. The molecular weight excluding hydrogens is 285 g/mol. The lowest BCUT2D eigenvalue weighted by Crippen LogP contribution is -2.35. The molecule has 0 saturated carbocycles. The molecule has 1 N–H and O–H groups in total. The van der Waals surface area contributed by atoms with Crippen molar-refractivity contribution in [2.24, 2.45) is 0 Å². The summed E-state index contributed by atoms with van der Waals surface area (Å²) in [6.07, 6.45) is 5.19. The Labute approximate surface area is 126 Å². The largest absolute Gasteiger partial charge is 0.448 e. The number of nitrogens with one attached hydrogen (secondary N) is 1. The highest BCUT2D eigenvalue weighted by molar-refractivity contribution is 5.99. The molecule has 0 saturated heterocycles. The Morgan fingerprint density at radius 1 is 1.50 bits per heavy atom. The molecule has 0 aliphatic rings. The predicted molar refractivity (Wildman–Crippen MR) is 80.1 cm³/mol. The van der Waals surface area contributed by atoms with E-state index in [0.29, 0.717) is 17.5 Å². The zero-order valence-electron chi connectivity index (χ0n) is 12.3. The number of nitrogens with zero attached hydrogens (tertiary/aromatic N) is 2. The summed E-state index contributed by atoms with van der Waals surface area (Å²) in [6, 6.07) is 4.54. The van der Waals surface area contributed by atoms with Gasteiger partial charge >= 0.3 is 0 Å². The van der Waals surface area contributed by atoms with E-state index in [1.165, 1.54) is 6.07 Å². The van der Waals surface area contributed by atoms with Crippen molar-refractivity contribution in [2.45, 2.75) is 26.4 Å². The molecule has 0 bridgehead atoms. The minimum absolute atomic E-state index is 0.112. The maximum Gasteiger partial charge on any atom is 0.287 e. The maximum atomic E-state index is 13.7. The van der Waals surface area contributed by atoms with Gasteiger partial charge in [0.1, 0.15) is 0 Å². The van der Waals surface area contributed by atoms with Gasteiger partial charge in [0.25, 0.3) is 5.91 Å². The first-order valence-electron chi connectivity index (χ1n) is 7.00. The van der Waals surface area contributed by atoms with Crippen molar-refractivity contribution >= 4 is 16.9 Å². The Balaban J connectivity index is 1.80. The van der Waals surface area contributed by atoms with Crippen molar-refractivity contribution in [1.82, 2.24) is 14.9 Å². The third kappa shape index (κ3) is 2.59. The third-order valence-corrected chi connectivity index (χ3v) is 3.54. The lowest BCUT2D eigenvalue weighted by molar-refractivity contribution is 0.0910. The van der Waals surface area contributed by atoms with Crippen molar-refractivity contribution in [3.8, 4) is 0 Å². The van der Waals surface area contributed by atoms with Gasteiger partial charge in [0.05, 0.1) is 6.33 Å². The predicted octanol–water partition coefficient (Wildman–Crippen LogP) is 2.90. The average molecular weight is 301 g/mol. The number of imidazole rings is 1. The Bertz CT molecular complexity index is 808. The van der Waals surface area contributed by atoms with Crippen LogP contribution in [0.15, 0.2) is 41.3 Å². The summed E-state index contributed by atoms with van der Waals surface area (Å²) in [5, 5.41) is 3.47. The average Bonchev–Trinajstić information content (AvgIpc) is 3.08. The van der Waals surface area contributed by atoms with Crippen LogP contribution in [-0.4, -0.2) is 21.5 Å². The molecule has 1 aromatic carbocycles. The first kappa shape index (κ1) is 14.3. The van der Waals surface area contributed by atoms with Gasteiger partial charge < -0.3 is 14.3 Å². The molecule has 22 heavy (non-hydrogen) atoms. The number of aromatic nitrogens is 2. The number of furan rings is 1. The topological polar surface area (TPSA) is 60.1 Å². The van der Waals surface area contributed by atoms with Crippen LogP contribution in [-0.2, 0) is 6.54 Å². The van der Waals surface area contributed by atoms with Crippen LogP contribution >= 0.6 is 0 Å². The first-order valence-corrected chi connectivity index (χ1v) is 7.00. The molecule has 2 aromatic heterocycles. The van der Waals surface area contributed by atoms with Gasteiger partial charge in [-0.25, -0.2) is 9.37 Å². The number of fused-ring (bicyclic) bond motifs is 1. The second kappa shape index (κ2) is 5.63. The number of carbonyl (C=O) groups is 1. The zero-order chi connectivity index (χ0) is 15.7. The lowest BCUT2D eigenvalue weighted by atomic mass is 10.1. The number of rotatable bonds is 4. The monoisotopic (exact) mass is 301 g/mol. The Hall–Kier alpha value is -2.63. The fraction of sp³-hybridized carbons (Fsp3) is 0.250. The molecule has 114 valence electrons. The second-order valence-corrected chi connectivity index (χ2v) is 5.31. The normalized spacial score (nSPS) is 12.5. The van der Waals surface area contributed by atoms with E-state index in [0.717, 1.165) is 0 Å². The van der Waals surface area contributed by atoms with Crippen LogP contribution in [0, 0.1) is 12.7 Å². The molecule has 0 aliphatic heterocycles. The van der Waals surface area contributed by atoms with Crippen LogP contribution < -0.4 is 5.32 Å². The third-order valence-electron chi connectivity index (χ3n) is 3.54. The van der Waals surface area contributed by atoms with Crippen LogP contribution in [0.1, 0.15) is 23.0 Å². The van der Waals surface area contributed by atoms with Crippen LogP contribution in [0.5, 0.6) is 0 Å². The number of aryl methyl sites for hydroxylation is 1. The zero-order valence-corrected chi connectivity index (χ0v) is 12.3. The summed E-state index contributed by atoms with van der Waals surface area (Å²) >= 11 is 0. The van der Waals surface area contributed by atoms with E-state index in [1.807, 2.05) is 17.7 Å². The van der Waals surface area contributed by atoms with E-state index >= 15 is 0 Å². The molecule has 1 amide bonds. The fourth-order valence-electron chi connectivity index (χ4n) is 2.47. The number of halogens is 1. The minimum atomic E-state index is -0.467. The van der Waals surface area contributed by atoms with Crippen LogP contribution in [0.3, 0.4) is 0 Å². The summed E-state index contributed by atoms with van der Waals surface area (Å²) in [4.78, 5) is 16.3. The Kier molecular flexibility index (Phi) is 3.66. The molecular formula is C16H16FN3O2. The van der Waals surface area contributed by atoms with Gasteiger partial charge in [-0.05, 0) is 19.9 Å². The molecule has 0 radical (unpaired) electrons. The van der Waals surface area contributed by atoms with E-state index in [4.69, 9.17) is 4.42 Å². The number of benzene rings is 1. The minimum Gasteiger partial charge on any atom is -0.448 e. The Morgan fingerprint density at radius 3 is 3.00 bits per heavy atom. The standard InChI is InChI=1S/C16H16FN3O2/c1-10(8-20-7-6-18-9-20)19-16(21)14-11(2)12-4-3-5-13(17)15(12)22-14/h3-7,9-10H,8H2,1-2H3,(H,19,21). The van der Waals surface area contributed by atoms with E-state index in [2.05, 4.69) is 10.3 Å². The van der Waals surface area contributed by atoms with Gasteiger partial charge in [-0.15, -0.1) is 0 Å². The van der Waals surface area contributed by atoms with Crippen molar-refractivity contribution in [3.05, 3.63) is 54.1 Å². The molecule has 6 heteroatoms. The fourth-order valence-corrected chi connectivity index (χ4v) is 2.47. The van der Waals surface area contributed by atoms with Gasteiger partial charge in [0.2, 0.25) is 0 Å². The molecule has 2 heterocycles. The van der Waals surface area contributed by atoms with Crippen LogP contribution in [0.4, 0.5) is 4.39 Å². The number of carbonyl (C=O) groups excluding carboxylic acids is 1. The van der Waals surface area contributed by atoms with Gasteiger partial charge in [-0.2, -0.15) is 0 Å². The first-order chi connectivity index (χ1) is 10.6. The lowest BCUT2D eigenvalue weighted by Gasteiger charge is -2.13. The van der Waals surface area contributed by atoms with Gasteiger partial charge in [0.15, 0.2) is 17.2 Å². The summed E-state index contributed by atoms with van der Waals surface area (Å²) in [5.41, 5.74) is 0.759. The van der Waals surface area contributed by atoms with Crippen molar-refractivity contribution in [3.63, 3.8) is 0 Å². The van der Waals surface area contributed by atoms with E-state index in [9.17, 15) is 9.18 Å². The van der Waals surface area contributed by atoms with E-state index in [-0.39, 0.29) is 23.3 Å². The summed E-state index contributed by atoms with van der Waals surface area (Å²) in [7, 11) is 0. The van der Waals surface area contributed by atoms with Crippen LogP contribution in [0.25, 0.3) is 11.0 Å². The highest BCUT2D eigenvalue weighted by Gasteiger charge is 2.20. The van der Waals surface area contributed by atoms with Crippen molar-refractivity contribution < 1.29 is 13.6 Å². The van der Waals surface area contributed by atoms with Gasteiger partial charge in [0, 0.05) is 35.9 Å². The molecule has 1 atom stereocenters. The van der Waals surface area contributed by atoms with Crippen molar-refractivity contribution in [2.75, 3.05) is 0 Å². The van der Waals surface area contributed by atoms with Crippen LogP contribution in [0.2, 0.25) is 0 Å². The number of amides is 1. The number of para-hydroxylation sites is 1. The number of hydrogen-bond donors (Lipinski definition) is 1. The molecule has 1 unspecified atom stereocenters. The van der Waals surface area contributed by atoms with E-state index in [1.54, 1.807) is 31.6 Å². The smallest absolute Gasteiger partial charge is 0.287 e. The van der Waals surface area contributed by atoms with Crippen molar-refractivity contribution in [1.29, 1.82) is 0 Å². The molecule has 0 aliphatic carbocycles. The Morgan fingerprint density at radius 2 is 2.32 bits per heavy atom. The van der Waals surface area contributed by atoms with Gasteiger partial charge in [-0.3, -0.25) is 4.79 Å². The maximum absolute atomic E-state index is 13.7. The SMILES string of the molecule is Cc1c(C(=O)NC(C)Cn2ccnc2)oc2c(F)cccc12. The van der Waals surface area contributed by atoms with E-state index < -0.39 is 5.82 Å². The molecule has 3 rings (SSSR count). The quantitative estimate of drug-likeness (QED) is 0.806. The molecule has 0 spiro atoms. The second-order valence-electron chi connectivity index (χ2n) is 5.31. The number of hydrogen-bond acceptors (Lipinski definition) is 3. The summed E-state index contributed by atoms with van der Waals surface area (Å²) in [6.45, 7) is 4.23. The molecule has 5 nitrogen and oxygen atoms in total. The summed E-state index contributed by atoms with van der Waals surface area (Å²) < 4.78 is 21.0. The molecule has 3 aromatic rings. The van der Waals surface area contributed by atoms with Gasteiger partial charge in [-0.1, -0.05) is 12.1 Å². The highest BCUT2D eigenvalue weighted by atomic mass is 19.1.